The van der Waals surface area contributed by atoms with Gasteiger partial charge in [0.15, 0.2) is 0 Å². The van der Waals surface area contributed by atoms with Crippen LogP contribution in [0.1, 0.15) is 11.6 Å². The normalized spacial score (nSPS) is 15.1. The van der Waals surface area contributed by atoms with E-state index in [1.54, 1.807) is 0 Å². The molecule has 0 spiro atoms. The zero-order valence-corrected chi connectivity index (χ0v) is 17.1. The van der Waals surface area contributed by atoms with Crippen molar-refractivity contribution in [2.45, 2.75) is 6.04 Å². The molecule has 150 valence electrons. The number of anilines is 2. The van der Waals surface area contributed by atoms with Crippen LogP contribution in [0.3, 0.4) is 0 Å². The predicted molar refractivity (Wildman–Crippen MR) is 128 cm³/mol. The maximum absolute atomic E-state index is 5.01. The highest BCUT2D eigenvalue weighted by Gasteiger charge is 2.21. The van der Waals surface area contributed by atoms with Crippen molar-refractivity contribution < 1.29 is 0 Å². The highest BCUT2D eigenvalue weighted by Crippen LogP contribution is 2.32. The van der Waals surface area contributed by atoms with Crippen LogP contribution in [0.4, 0.5) is 11.5 Å². The fourth-order valence-corrected chi connectivity index (χ4v) is 3.80. The molecule has 3 nitrogen and oxygen atoms in total. The van der Waals surface area contributed by atoms with Crippen LogP contribution in [0.25, 0.3) is 11.3 Å². The van der Waals surface area contributed by atoms with Crippen molar-refractivity contribution in [3.05, 3.63) is 139 Å². The summed E-state index contributed by atoms with van der Waals surface area (Å²) >= 11 is 0. The summed E-state index contributed by atoms with van der Waals surface area (Å²) in [4.78, 5) is 7.19. The molecule has 1 atom stereocenters. The summed E-state index contributed by atoms with van der Waals surface area (Å²) in [5.41, 5.74) is 4.33. The number of dihydropyridines is 1. The molecular weight excluding hydrogens is 378 g/mol. The van der Waals surface area contributed by atoms with Crippen molar-refractivity contribution in [3.8, 4) is 11.3 Å². The molecule has 0 saturated heterocycles. The van der Waals surface area contributed by atoms with Gasteiger partial charge in [-0.1, -0.05) is 97.1 Å². The number of nitrogens with zero attached hydrogens (tertiary/aromatic N) is 2. The third-order valence-corrected chi connectivity index (χ3v) is 5.31. The lowest BCUT2D eigenvalue weighted by molar-refractivity contribution is 0.688. The molecule has 3 aromatic carbocycles. The molecule has 1 aliphatic rings. The molecule has 0 saturated carbocycles. The first-order chi connectivity index (χ1) is 15.4. The largest absolute Gasteiger partial charge is 0.361 e. The van der Waals surface area contributed by atoms with Gasteiger partial charge in [0.25, 0.3) is 0 Å². The van der Waals surface area contributed by atoms with Gasteiger partial charge in [-0.3, -0.25) is 4.90 Å². The zero-order valence-electron chi connectivity index (χ0n) is 17.1. The van der Waals surface area contributed by atoms with Gasteiger partial charge >= 0.3 is 0 Å². The summed E-state index contributed by atoms with van der Waals surface area (Å²) < 4.78 is 0. The van der Waals surface area contributed by atoms with E-state index in [1.165, 1.54) is 5.56 Å². The van der Waals surface area contributed by atoms with Gasteiger partial charge in [0.05, 0.1) is 11.7 Å². The van der Waals surface area contributed by atoms with Crippen molar-refractivity contribution in [2.24, 2.45) is 0 Å². The quantitative estimate of drug-likeness (QED) is 0.407. The van der Waals surface area contributed by atoms with Crippen LogP contribution in [0.5, 0.6) is 0 Å². The lowest BCUT2D eigenvalue weighted by Crippen LogP contribution is -2.32. The Morgan fingerprint density at radius 1 is 0.677 bits per heavy atom. The third kappa shape index (κ3) is 4.12. The minimum atomic E-state index is 0.102. The van der Waals surface area contributed by atoms with E-state index in [4.69, 9.17) is 4.98 Å². The van der Waals surface area contributed by atoms with E-state index in [0.717, 1.165) is 28.6 Å². The molecule has 0 aliphatic carbocycles. The second-order valence-electron chi connectivity index (χ2n) is 7.39. The first kappa shape index (κ1) is 18.9. The topological polar surface area (TPSA) is 28.2 Å². The number of benzene rings is 3. The number of nitrogens with one attached hydrogen (secondary N) is 1. The SMILES string of the molecule is C1=CC(c2ccccc2)NC(N(c2ccccc2)c2cccc(-c3ccccc3)n2)=C1. The lowest BCUT2D eigenvalue weighted by Gasteiger charge is -2.32. The average Bonchev–Trinajstić information content (AvgIpc) is 2.86. The van der Waals surface area contributed by atoms with Gasteiger partial charge in [-0.2, -0.15) is 0 Å². The zero-order chi connectivity index (χ0) is 20.9. The number of pyridine rings is 1. The van der Waals surface area contributed by atoms with Gasteiger partial charge in [-0.25, -0.2) is 4.98 Å². The second-order valence-corrected chi connectivity index (χ2v) is 7.39. The van der Waals surface area contributed by atoms with Crippen LogP contribution in [0.15, 0.2) is 133 Å². The summed E-state index contributed by atoms with van der Waals surface area (Å²) in [6.07, 6.45) is 6.39. The average molecular weight is 402 g/mol. The molecule has 0 bridgehead atoms. The van der Waals surface area contributed by atoms with Gasteiger partial charge in [0.2, 0.25) is 0 Å². The third-order valence-electron chi connectivity index (χ3n) is 5.31. The van der Waals surface area contributed by atoms with Crippen molar-refractivity contribution in [1.82, 2.24) is 10.3 Å². The number of aromatic nitrogens is 1. The minimum Gasteiger partial charge on any atom is -0.361 e. The molecular formula is C28H23N3. The Bertz CT molecular complexity index is 1200. The standard InChI is InChI=1S/C28H23N3/c1-4-12-22(13-5-1)25-18-10-20-27(29-25)31(24-16-8-3-9-17-24)28-21-11-19-26(30-28)23-14-6-2-7-15-23/h1-21,25,29H. The molecule has 2 heterocycles. The van der Waals surface area contributed by atoms with Gasteiger partial charge in [0.1, 0.15) is 11.6 Å². The number of rotatable bonds is 5. The van der Waals surface area contributed by atoms with E-state index in [1.807, 2.05) is 30.3 Å². The summed E-state index contributed by atoms with van der Waals surface area (Å²) in [7, 11) is 0. The van der Waals surface area contributed by atoms with Crippen LogP contribution in [0.2, 0.25) is 0 Å². The summed E-state index contributed by atoms with van der Waals surface area (Å²) in [5.74, 6) is 1.86. The van der Waals surface area contributed by atoms with Crippen LogP contribution in [0, 0.1) is 0 Å². The van der Waals surface area contributed by atoms with Crippen LogP contribution in [-0.2, 0) is 0 Å². The van der Waals surface area contributed by atoms with Crippen molar-refractivity contribution >= 4 is 11.5 Å². The van der Waals surface area contributed by atoms with E-state index in [0.29, 0.717) is 0 Å². The first-order valence-corrected chi connectivity index (χ1v) is 10.5. The van der Waals surface area contributed by atoms with Crippen LogP contribution >= 0.6 is 0 Å². The first-order valence-electron chi connectivity index (χ1n) is 10.5. The van der Waals surface area contributed by atoms with Crippen molar-refractivity contribution in [2.75, 3.05) is 4.90 Å². The smallest absolute Gasteiger partial charge is 0.139 e. The van der Waals surface area contributed by atoms with E-state index < -0.39 is 0 Å². The highest BCUT2D eigenvalue weighted by molar-refractivity contribution is 5.69. The fraction of sp³-hybridized carbons (Fsp3) is 0.0357. The van der Waals surface area contributed by atoms with E-state index in [2.05, 4.69) is 107 Å². The summed E-state index contributed by atoms with van der Waals surface area (Å²) in [5, 5.41) is 3.69. The maximum atomic E-state index is 5.01. The molecule has 5 rings (SSSR count). The molecule has 0 amide bonds. The number of para-hydroxylation sites is 1. The Hall–Kier alpha value is -4.11. The summed E-state index contributed by atoms with van der Waals surface area (Å²) in [6, 6.07) is 37.4. The lowest BCUT2D eigenvalue weighted by atomic mass is 10.0. The van der Waals surface area contributed by atoms with Gasteiger partial charge in [-0.15, -0.1) is 0 Å². The monoisotopic (exact) mass is 401 g/mol. The summed E-state index contributed by atoms with van der Waals surface area (Å²) in [6.45, 7) is 0. The highest BCUT2D eigenvalue weighted by atomic mass is 15.3. The molecule has 1 aliphatic heterocycles. The second kappa shape index (κ2) is 8.72. The Morgan fingerprint density at radius 2 is 1.35 bits per heavy atom. The number of allylic oxidation sites excluding steroid dienone is 2. The van der Waals surface area contributed by atoms with Crippen molar-refractivity contribution in [1.29, 1.82) is 0 Å². The molecule has 0 fully saturated rings. The number of hydrogen-bond acceptors (Lipinski definition) is 3. The van der Waals surface area contributed by atoms with Crippen molar-refractivity contribution in [3.63, 3.8) is 0 Å². The van der Waals surface area contributed by atoms with Gasteiger partial charge in [0, 0.05) is 11.3 Å². The Morgan fingerprint density at radius 3 is 2.10 bits per heavy atom. The molecule has 4 aromatic rings. The molecule has 31 heavy (non-hydrogen) atoms. The molecule has 1 aromatic heterocycles. The Balaban J connectivity index is 1.55. The van der Waals surface area contributed by atoms with Crippen LogP contribution in [-0.4, -0.2) is 4.98 Å². The van der Waals surface area contributed by atoms with E-state index in [-0.39, 0.29) is 6.04 Å². The van der Waals surface area contributed by atoms with Gasteiger partial charge in [-0.05, 0) is 35.9 Å². The fourth-order valence-electron chi connectivity index (χ4n) is 3.80. The Kier molecular flexibility index (Phi) is 5.31. The molecule has 1 N–H and O–H groups in total. The van der Waals surface area contributed by atoms with Gasteiger partial charge < -0.3 is 5.32 Å². The molecule has 0 radical (unpaired) electrons. The van der Waals surface area contributed by atoms with Crippen LogP contribution < -0.4 is 10.2 Å². The number of hydrogen-bond donors (Lipinski definition) is 1. The minimum absolute atomic E-state index is 0.102. The predicted octanol–water partition coefficient (Wildman–Crippen LogP) is 6.63. The Labute approximate surface area is 183 Å². The van der Waals surface area contributed by atoms with E-state index >= 15 is 0 Å². The molecule has 1 unspecified atom stereocenters. The van der Waals surface area contributed by atoms with E-state index in [9.17, 15) is 0 Å². The maximum Gasteiger partial charge on any atom is 0.139 e. The molecule has 3 heteroatoms.